The summed E-state index contributed by atoms with van der Waals surface area (Å²) in [7, 11) is 3.01. The van der Waals surface area contributed by atoms with Crippen LogP contribution < -0.4 is 9.47 Å². The molecular formula is C22H22O6. The van der Waals surface area contributed by atoms with Gasteiger partial charge in [0.15, 0.2) is 23.9 Å². The molecule has 0 aliphatic carbocycles. The second-order valence-electron chi connectivity index (χ2n) is 6.52. The Bertz CT molecular complexity index is 1030. The number of furan rings is 1. The van der Waals surface area contributed by atoms with Gasteiger partial charge in [-0.25, -0.2) is 0 Å². The van der Waals surface area contributed by atoms with Crippen LogP contribution in [-0.4, -0.2) is 32.6 Å². The molecule has 0 bridgehead atoms. The molecule has 1 aromatic heterocycles. The normalized spacial score (nSPS) is 10.7. The minimum absolute atomic E-state index is 0.0364. The molecule has 3 rings (SSSR count). The number of ether oxygens (including phenoxy) is 3. The zero-order chi connectivity index (χ0) is 20.3. The average Bonchev–Trinajstić information content (AvgIpc) is 3.07. The van der Waals surface area contributed by atoms with E-state index in [0.717, 1.165) is 27.7 Å². The van der Waals surface area contributed by atoms with Crippen LogP contribution in [0.3, 0.4) is 0 Å². The first kappa shape index (κ1) is 19.5. The largest absolute Gasteiger partial charge is 0.493 e. The van der Waals surface area contributed by atoms with E-state index in [1.165, 1.54) is 14.2 Å². The molecule has 6 nitrogen and oxygen atoms in total. The van der Waals surface area contributed by atoms with Crippen molar-refractivity contribution in [3.05, 3.63) is 58.8 Å². The summed E-state index contributed by atoms with van der Waals surface area (Å²) in [4.78, 5) is 24.5. The van der Waals surface area contributed by atoms with Gasteiger partial charge in [0.1, 0.15) is 5.58 Å². The van der Waals surface area contributed by atoms with Crippen LogP contribution in [0.25, 0.3) is 11.0 Å². The predicted octanol–water partition coefficient (Wildman–Crippen LogP) is 4.04. The highest BCUT2D eigenvalue weighted by Crippen LogP contribution is 2.28. The fourth-order valence-electron chi connectivity index (χ4n) is 2.92. The predicted molar refractivity (Wildman–Crippen MR) is 104 cm³/mol. The lowest BCUT2D eigenvalue weighted by molar-refractivity contribution is -0.141. The van der Waals surface area contributed by atoms with Crippen LogP contribution in [0.1, 0.15) is 27.0 Å². The van der Waals surface area contributed by atoms with E-state index in [4.69, 9.17) is 18.6 Å². The van der Waals surface area contributed by atoms with Crippen molar-refractivity contribution >= 4 is 22.7 Å². The molecule has 0 aliphatic heterocycles. The molecule has 0 fully saturated rings. The van der Waals surface area contributed by atoms with Crippen LogP contribution in [-0.2, 0) is 16.0 Å². The Balaban J connectivity index is 1.64. The number of hydrogen-bond donors (Lipinski definition) is 0. The van der Waals surface area contributed by atoms with Crippen LogP contribution in [0.2, 0.25) is 0 Å². The molecular weight excluding hydrogens is 360 g/mol. The first-order chi connectivity index (χ1) is 13.4. The molecule has 146 valence electrons. The van der Waals surface area contributed by atoms with E-state index in [0.29, 0.717) is 17.1 Å². The van der Waals surface area contributed by atoms with Crippen molar-refractivity contribution in [2.24, 2.45) is 0 Å². The zero-order valence-corrected chi connectivity index (χ0v) is 16.3. The Hall–Kier alpha value is -3.28. The molecule has 1 heterocycles. The third kappa shape index (κ3) is 4.01. The van der Waals surface area contributed by atoms with Crippen molar-refractivity contribution in [2.45, 2.75) is 20.3 Å². The smallest absolute Gasteiger partial charge is 0.310 e. The Morgan fingerprint density at radius 1 is 0.964 bits per heavy atom. The van der Waals surface area contributed by atoms with E-state index in [1.54, 1.807) is 24.5 Å². The quantitative estimate of drug-likeness (QED) is 0.454. The number of carbonyl (C=O) groups excluding carboxylic acids is 2. The number of fused-ring (bicyclic) bond motifs is 1. The molecule has 0 N–H and O–H groups in total. The molecule has 0 amide bonds. The molecule has 0 radical (unpaired) electrons. The fraction of sp³-hybridized carbons (Fsp3) is 0.273. The third-order valence-corrected chi connectivity index (χ3v) is 4.67. The monoisotopic (exact) mass is 382 g/mol. The summed E-state index contributed by atoms with van der Waals surface area (Å²) < 4.78 is 21.0. The van der Waals surface area contributed by atoms with Crippen LogP contribution in [0.5, 0.6) is 11.5 Å². The molecule has 0 saturated heterocycles. The Morgan fingerprint density at radius 3 is 2.39 bits per heavy atom. The number of carbonyl (C=O) groups is 2. The van der Waals surface area contributed by atoms with Crippen molar-refractivity contribution in [3.8, 4) is 11.5 Å². The Labute approximate surface area is 163 Å². The number of Topliss-reactive ketones (excluding diaryl/α,β-unsaturated/α-hetero) is 1. The lowest BCUT2D eigenvalue weighted by Gasteiger charge is -2.09. The Morgan fingerprint density at radius 2 is 1.68 bits per heavy atom. The molecule has 0 unspecified atom stereocenters. The van der Waals surface area contributed by atoms with E-state index >= 15 is 0 Å². The topological polar surface area (TPSA) is 75.0 Å². The van der Waals surface area contributed by atoms with Crippen LogP contribution >= 0.6 is 0 Å². The van der Waals surface area contributed by atoms with Gasteiger partial charge in [-0.15, -0.1) is 0 Å². The van der Waals surface area contributed by atoms with Crippen molar-refractivity contribution in [3.63, 3.8) is 0 Å². The van der Waals surface area contributed by atoms with Gasteiger partial charge in [0.2, 0.25) is 0 Å². The minimum Gasteiger partial charge on any atom is -0.493 e. The van der Waals surface area contributed by atoms with Crippen molar-refractivity contribution < 1.29 is 28.2 Å². The van der Waals surface area contributed by atoms with Gasteiger partial charge in [0, 0.05) is 16.5 Å². The van der Waals surface area contributed by atoms with Gasteiger partial charge in [-0.1, -0.05) is 0 Å². The van der Waals surface area contributed by atoms with E-state index < -0.39 is 5.97 Å². The highest BCUT2D eigenvalue weighted by Gasteiger charge is 2.16. The number of ketones is 1. The van der Waals surface area contributed by atoms with E-state index in [2.05, 4.69) is 0 Å². The fourth-order valence-corrected chi connectivity index (χ4v) is 2.92. The maximum Gasteiger partial charge on any atom is 0.310 e. The number of benzene rings is 2. The lowest BCUT2D eigenvalue weighted by atomic mass is 10.0. The van der Waals surface area contributed by atoms with Crippen molar-refractivity contribution in [2.75, 3.05) is 20.8 Å². The summed E-state index contributed by atoms with van der Waals surface area (Å²) in [5.41, 5.74) is 4.09. The molecule has 0 spiro atoms. The van der Waals surface area contributed by atoms with Crippen LogP contribution in [0, 0.1) is 13.8 Å². The summed E-state index contributed by atoms with van der Waals surface area (Å²) in [6.07, 6.45) is 1.59. The van der Waals surface area contributed by atoms with Crippen molar-refractivity contribution in [1.82, 2.24) is 0 Å². The van der Waals surface area contributed by atoms with Gasteiger partial charge in [0.25, 0.3) is 0 Å². The van der Waals surface area contributed by atoms with E-state index in [9.17, 15) is 9.59 Å². The van der Waals surface area contributed by atoms with Crippen LogP contribution in [0.15, 0.2) is 41.0 Å². The zero-order valence-electron chi connectivity index (χ0n) is 16.3. The van der Waals surface area contributed by atoms with Crippen LogP contribution in [0.4, 0.5) is 0 Å². The van der Waals surface area contributed by atoms with Crippen molar-refractivity contribution in [1.29, 1.82) is 0 Å². The average molecular weight is 382 g/mol. The highest BCUT2D eigenvalue weighted by molar-refractivity contribution is 5.98. The minimum atomic E-state index is -0.491. The first-order valence-corrected chi connectivity index (χ1v) is 8.81. The standard InChI is InChI=1S/C22H22O6/c1-13-7-17-16(11-27-20(17)8-14(13)2)10-22(24)28-12-18(23)15-5-6-19(25-3)21(9-15)26-4/h5-9,11H,10,12H2,1-4H3. The number of rotatable bonds is 7. The summed E-state index contributed by atoms with van der Waals surface area (Å²) >= 11 is 0. The van der Waals surface area contributed by atoms with Gasteiger partial charge in [-0.3, -0.25) is 9.59 Å². The van der Waals surface area contributed by atoms with Gasteiger partial charge in [-0.05, 0) is 55.3 Å². The second kappa shape index (κ2) is 8.17. The molecule has 28 heavy (non-hydrogen) atoms. The maximum atomic E-state index is 12.3. The number of hydrogen-bond acceptors (Lipinski definition) is 6. The molecule has 0 aliphatic rings. The molecule has 2 aromatic carbocycles. The van der Waals surface area contributed by atoms with Gasteiger partial charge < -0.3 is 18.6 Å². The summed E-state index contributed by atoms with van der Waals surface area (Å²) in [5.74, 6) is 0.149. The van der Waals surface area contributed by atoms with E-state index in [-0.39, 0.29) is 18.8 Å². The summed E-state index contributed by atoms with van der Waals surface area (Å²) in [6, 6.07) is 8.73. The van der Waals surface area contributed by atoms with Gasteiger partial charge in [-0.2, -0.15) is 0 Å². The van der Waals surface area contributed by atoms with Gasteiger partial charge >= 0.3 is 5.97 Å². The number of methoxy groups -OCH3 is 2. The van der Waals surface area contributed by atoms with Gasteiger partial charge in [0.05, 0.1) is 26.9 Å². The first-order valence-electron chi connectivity index (χ1n) is 8.81. The number of esters is 1. The SMILES string of the molecule is COc1ccc(C(=O)COC(=O)Cc2coc3cc(C)c(C)cc23)cc1OC. The maximum absolute atomic E-state index is 12.3. The second-order valence-corrected chi connectivity index (χ2v) is 6.52. The highest BCUT2D eigenvalue weighted by atomic mass is 16.5. The summed E-state index contributed by atoms with van der Waals surface area (Å²) in [6.45, 7) is 3.67. The molecule has 3 aromatic rings. The number of aryl methyl sites for hydroxylation is 2. The van der Waals surface area contributed by atoms with E-state index in [1.807, 2.05) is 26.0 Å². The Kier molecular flexibility index (Phi) is 5.68. The lowest BCUT2D eigenvalue weighted by Crippen LogP contribution is -2.15. The summed E-state index contributed by atoms with van der Waals surface area (Å²) in [5, 5.41) is 0.881. The third-order valence-electron chi connectivity index (χ3n) is 4.67. The molecule has 0 atom stereocenters. The molecule has 0 saturated carbocycles. The molecule has 6 heteroatoms.